The van der Waals surface area contributed by atoms with Gasteiger partial charge in [-0.2, -0.15) is 0 Å². The molecule has 108 valence electrons. The molecule has 19 heavy (non-hydrogen) atoms. The van der Waals surface area contributed by atoms with Crippen molar-refractivity contribution in [2.75, 3.05) is 13.2 Å². The van der Waals surface area contributed by atoms with Gasteiger partial charge in [0, 0.05) is 12.6 Å². The molecule has 0 fully saturated rings. The molecule has 0 unspecified atom stereocenters. The van der Waals surface area contributed by atoms with Crippen LogP contribution in [0.25, 0.3) is 0 Å². The third-order valence-electron chi connectivity index (χ3n) is 3.47. The molecule has 0 saturated heterocycles. The number of nitrogens with one attached hydrogen (secondary N) is 1. The number of ether oxygens (including phenoxy) is 1. The summed E-state index contributed by atoms with van der Waals surface area (Å²) in [5, 5.41) is 3.52. The van der Waals surface area contributed by atoms with Crippen LogP contribution in [-0.2, 0) is 5.41 Å². The molecule has 0 aromatic heterocycles. The highest BCUT2D eigenvalue weighted by molar-refractivity contribution is 5.38. The Kier molecular flexibility index (Phi) is 6.36. The van der Waals surface area contributed by atoms with Crippen LogP contribution in [0, 0.1) is 0 Å². The molecule has 0 spiro atoms. The van der Waals surface area contributed by atoms with E-state index in [4.69, 9.17) is 4.74 Å². The van der Waals surface area contributed by atoms with Crippen molar-refractivity contribution in [3.05, 3.63) is 29.8 Å². The molecular formula is C17H29NO. The van der Waals surface area contributed by atoms with Crippen LogP contribution < -0.4 is 10.1 Å². The summed E-state index contributed by atoms with van der Waals surface area (Å²) in [6.45, 7) is 12.7. The fourth-order valence-corrected chi connectivity index (χ4v) is 2.21. The molecule has 2 nitrogen and oxygen atoms in total. The van der Waals surface area contributed by atoms with Crippen LogP contribution in [-0.4, -0.2) is 19.2 Å². The van der Waals surface area contributed by atoms with E-state index < -0.39 is 0 Å². The highest BCUT2D eigenvalue weighted by Gasteiger charge is 2.18. The molecule has 0 aliphatic carbocycles. The highest BCUT2D eigenvalue weighted by Crippen LogP contribution is 2.30. The minimum Gasteiger partial charge on any atom is -0.492 e. The van der Waals surface area contributed by atoms with E-state index in [2.05, 4.69) is 58.1 Å². The maximum absolute atomic E-state index is 5.94. The van der Waals surface area contributed by atoms with E-state index in [1.165, 1.54) is 18.4 Å². The van der Waals surface area contributed by atoms with Crippen molar-refractivity contribution in [1.82, 2.24) is 5.32 Å². The van der Waals surface area contributed by atoms with Crippen molar-refractivity contribution >= 4 is 0 Å². The monoisotopic (exact) mass is 263 g/mol. The number of benzene rings is 1. The third kappa shape index (κ3) is 5.23. The van der Waals surface area contributed by atoms with E-state index in [1.807, 2.05) is 6.07 Å². The average Bonchev–Trinajstić information content (AvgIpc) is 2.38. The number of hydrogen-bond acceptors (Lipinski definition) is 2. The first-order chi connectivity index (χ1) is 8.99. The van der Waals surface area contributed by atoms with E-state index in [0.717, 1.165) is 18.9 Å². The summed E-state index contributed by atoms with van der Waals surface area (Å²) in [4.78, 5) is 0. The van der Waals surface area contributed by atoms with E-state index in [9.17, 15) is 0 Å². The van der Waals surface area contributed by atoms with Crippen LogP contribution in [0.4, 0.5) is 0 Å². The SMILES string of the molecule is CCC(CC)NCCOc1ccccc1C(C)(C)C. The molecule has 0 atom stereocenters. The summed E-state index contributed by atoms with van der Waals surface area (Å²) in [5.41, 5.74) is 1.40. The maximum atomic E-state index is 5.94. The average molecular weight is 263 g/mol. The largest absolute Gasteiger partial charge is 0.492 e. The molecule has 0 saturated carbocycles. The highest BCUT2D eigenvalue weighted by atomic mass is 16.5. The summed E-state index contributed by atoms with van der Waals surface area (Å²) >= 11 is 0. The predicted molar refractivity (Wildman–Crippen MR) is 83.0 cm³/mol. The van der Waals surface area contributed by atoms with E-state index in [-0.39, 0.29) is 5.41 Å². The van der Waals surface area contributed by atoms with Crippen molar-refractivity contribution in [2.24, 2.45) is 0 Å². The first-order valence-electron chi connectivity index (χ1n) is 7.44. The standard InChI is InChI=1S/C17H29NO/c1-6-14(7-2)18-12-13-19-16-11-9-8-10-15(16)17(3,4)5/h8-11,14,18H,6-7,12-13H2,1-5H3. The Morgan fingerprint density at radius 3 is 2.32 bits per heavy atom. The van der Waals surface area contributed by atoms with Crippen molar-refractivity contribution < 1.29 is 4.74 Å². The minimum absolute atomic E-state index is 0.124. The maximum Gasteiger partial charge on any atom is 0.123 e. The second-order valence-electron chi connectivity index (χ2n) is 6.06. The molecule has 0 radical (unpaired) electrons. The molecule has 2 heteroatoms. The van der Waals surface area contributed by atoms with Gasteiger partial charge in [0.1, 0.15) is 12.4 Å². The van der Waals surface area contributed by atoms with E-state index >= 15 is 0 Å². The van der Waals surface area contributed by atoms with Crippen LogP contribution in [0.5, 0.6) is 5.75 Å². The summed E-state index contributed by atoms with van der Waals surface area (Å²) in [6, 6.07) is 8.96. The van der Waals surface area contributed by atoms with Crippen molar-refractivity contribution in [3.63, 3.8) is 0 Å². The smallest absolute Gasteiger partial charge is 0.123 e. The Morgan fingerprint density at radius 2 is 1.74 bits per heavy atom. The molecule has 0 bridgehead atoms. The Morgan fingerprint density at radius 1 is 1.11 bits per heavy atom. The Hall–Kier alpha value is -1.02. The van der Waals surface area contributed by atoms with Gasteiger partial charge in [-0.25, -0.2) is 0 Å². The summed E-state index contributed by atoms with van der Waals surface area (Å²) in [5.74, 6) is 1.02. The molecule has 0 heterocycles. The van der Waals surface area contributed by atoms with Gasteiger partial charge in [0.15, 0.2) is 0 Å². The van der Waals surface area contributed by atoms with Crippen LogP contribution in [0.15, 0.2) is 24.3 Å². The fraction of sp³-hybridized carbons (Fsp3) is 0.647. The first kappa shape index (κ1) is 16.0. The summed E-state index contributed by atoms with van der Waals surface area (Å²) in [6.07, 6.45) is 2.35. The number of rotatable bonds is 7. The lowest BCUT2D eigenvalue weighted by atomic mass is 9.86. The first-order valence-corrected chi connectivity index (χ1v) is 7.44. The van der Waals surface area contributed by atoms with Gasteiger partial charge in [0.05, 0.1) is 0 Å². The number of para-hydroxylation sites is 1. The molecule has 1 aromatic carbocycles. The van der Waals surface area contributed by atoms with Gasteiger partial charge in [-0.15, -0.1) is 0 Å². The Bertz CT molecular complexity index is 364. The topological polar surface area (TPSA) is 21.3 Å². The summed E-state index contributed by atoms with van der Waals surface area (Å²) < 4.78 is 5.94. The van der Waals surface area contributed by atoms with Gasteiger partial charge in [-0.05, 0) is 29.9 Å². The van der Waals surface area contributed by atoms with Crippen LogP contribution in [0.1, 0.15) is 53.0 Å². The van der Waals surface area contributed by atoms with Gasteiger partial charge >= 0.3 is 0 Å². The zero-order chi connectivity index (χ0) is 14.3. The second kappa shape index (κ2) is 7.54. The van der Waals surface area contributed by atoms with Crippen LogP contribution >= 0.6 is 0 Å². The van der Waals surface area contributed by atoms with Crippen molar-refractivity contribution in [2.45, 2.75) is 58.9 Å². The van der Waals surface area contributed by atoms with Gasteiger partial charge < -0.3 is 10.1 Å². The van der Waals surface area contributed by atoms with Crippen LogP contribution in [0.2, 0.25) is 0 Å². The normalized spacial score (nSPS) is 11.9. The van der Waals surface area contributed by atoms with Crippen LogP contribution in [0.3, 0.4) is 0 Å². The third-order valence-corrected chi connectivity index (χ3v) is 3.47. The quantitative estimate of drug-likeness (QED) is 0.746. The predicted octanol–water partition coefficient (Wildman–Crippen LogP) is 4.14. The number of hydrogen-bond donors (Lipinski definition) is 1. The zero-order valence-corrected chi connectivity index (χ0v) is 13.1. The van der Waals surface area contributed by atoms with Gasteiger partial charge in [-0.1, -0.05) is 52.8 Å². The second-order valence-corrected chi connectivity index (χ2v) is 6.06. The van der Waals surface area contributed by atoms with Gasteiger partial charge in [0.2, 0.25) is 0 Å². The molecule has 0 aliphatic heterocycles. The molecule has 0 aliphatic rings. The minimum atomic E-state index is 0.124. The van der Waals surface area contributed by atoms with Gasteiger partial charge in [-0.3, -0.25) is 0 Å². The molecule has 1 N–H and O–H groups in total. The Balaban J connectivity index is 2.50. The molecule has 1 aromatic rings. The lowest BCUT2D eigenvalue weighted by Gasteiger charge is -2.23. The van der Waals surface area contributed by atoms with E-state index in [0.29, 0.717) is 6.04 Å². The Labute approximate surface area is 118 Å². The molecular weight excluding hydrogens is 234 g/mol. The molecule has 1 rings (SSSR count). The zero-order valence-electron chi connectivity index (χ0n) is 13.1. The van der Waals surface area contributed by atoms with Crippen molar-refractivity contribution in [3.8, 4) is 5.75 Å². The summed E-state index contributed by atoms with van der Waals surface area (Å²) in [7, 11) is 0. The van der Waals surface area contributed by atoms with E-state index in [1.54, 1.807) is 0 Å². The molecule has 0 amide bonds. The van der Waals surface area contributed by atoms with Crippen molar-refractivity contribution in [1.29, 1.82) is 0 Å². The lowest BCUT2D eigenvalue weighted by molar-refractivity contribution is 0.295. The van der Waals surface area contributed by atoms with Gasteiger partial charge in [0.25, 0.3) is 0 Å². The lowest BCUT2D eigenvalue weighted by Crippen LogP contribution is -2.31. The fourth-order valence-electron chi connectivity index (χ4n) is 2.21.